The fourth-order valence-electron chi connectivity index (χ4n) is 3.05. The zero-order chi connectivity index (χ0) is 13.2. The number of benzene rings is 2. The maximum absolute atomic E-state index is 3.55. The van der Waals surface area contributed by atoms with Gasteiger partial charge in [0, 0.05) is 19.0 Å². The molecular formula is C18H21N. The first-order valence-corrected chi connectivity index (χ1v) is 7.08. The molecule has 0 saturated carbocycles. The second-order valence-corrected chi connectivity index (χ2v) is 5.66. The van der Waals surface area contributed by atoms with Crippen LogP contribution in [0.1, 0.15) is 33.7 Å². The van der Waals surface area contributed by atoms with Crippen LogP contribution in [0.4, 0.5) is 0 Å². The standard InChI is InChI=1S/C18H21N/c1-13-7-8-14(2)16(9-13)10-17-12-19-11-15-5-3-4-6-18(15)17/h3-9,17,19H,10-12H2,1-2H3. The molecule has 0 spiro atoms. The smallest absolute Gasteiger partial charge is 0.0208 e. The Kier molecular flexibility index (Phi) is 3.39. The van der Waals surface area contributed by atoms with E-state index in [9.17, 15) is 0 Å². The summed E-state index contributed by atoms with van der Waals surface area (Å²) in [6.07, 6.45) is 1.14. The highest BCUT2D eigenvalue weighted by Crippen LogP contribution is 2.28. The molecule has 19 heavy (non-hydrogen) atoms. The molecule has 1 atom stereocenters. The highest BCUT2D eigenvalue weighted by Gasteiger charge is 2.20. The summed E-state index contributed by atoms with van der Waals surface area (Å²) >= 11 is 0. The van der Waals surface area contributed by atoms with Crippen LogP contribution in [-0.4, -0.2) is 6.54 Å². The maximum Gasteiger partial charge on any atom is 0.0208 e. The van der Waals surface area contributed by atoms with Gasteiger partial charge >= 0.3 is 0 Å². The fraction of sp³-hybridized carbons (Fsp3) is 0.333. The van der Waals surface area contributed by atoms with Gasteiger partial charge in [0.25, 0.3) is 0 Å². The Balaban J connectivity index is 1.90. The van der Waals surface area contributed by atoms with Crippen molar-refractivity contribution in [3.8, 4) is 0 Å². The van der Waals surface area contributed by atoms with Crippen LogP contribution in [0.3, 0.4) is 0 Å². The van der Waals surface area contributed by atoms with Crippen molar-refractivity contribution in [2.24, 2.45) is 0 Å². The van der Waals surface area contributed by atoms with Crippen molar-refractivity contribution in [1.29, 1.82) is 0 Å². The van der Waals surface area contributed by atoms with Crippen molar-refractivity contribution in [2.45, 2.75) is 32.7 Å². The van der Waals surface area contributed by atoms with E-state index in [1.165, 1.54) is 27.8 Å². The van der Waals surface area contributed by atoms with E-state index in [0.29, 0.717) is 5.92 Å². The number of rotatable bonds is 2. The van der Waals surface area contributed by atoms with Crippen molar-refractivity contribution in [2.75, 3.05) is 6.54 Å². The van der Waals surface area contributed by atoms with Gasteiger partial charge < -0.3 is 5.32 Å². The summed E-state index contributed by atoms with van der Waals surface area (Å²) in [4.78, 5) is 0. The monoisotopic (exact) mass is 251 g/mol. The van der Waals surface area contributed by atoms with Gasteiger partial charge in [0.1, 0.15) is 0 Å². The van der Waals surface area contributed by atoms with Crippen molar-refractivity contribution < 1.29 is 0 Å². The molecule has 0 aliphatic carbocycles. The average molecular weight is 251 g/mol. The molecule has 0 bridgehead atoms. The van der Waals surface area contributed by atoms with Crippen LogP contribution in [0, 0.1) is 13.8 Å². The first-order chi connectivity index (χ1) is 9.24. The third kappa shape index (κ3) is 2.57. The van der Waals surface area contributed by atoms with Gasteiger partial charge in [0.2, 0.25) is 0 Å². The lowest BCUT2D eigenvalue weighted by molar-refractivity contribution is 0.538. The minimum atomic E-state index is 0.602. The number of nitrogens with one attached hydrogen (secondary N) is 1. The molecular weight excluding hydrogens is 230 g/mol. The molecule has 1 heterocycles. The minimum Gasteiger partial charge on any atom is -0.312 e. The molecule has 1 N–H and O–H groups in total. The number of fused-ring (bicyclic) bond motifs is 1. The van der Waals surface area contributed by atoms with E-state index in [1.807, 2.05) is 0 Å². The molecule has 0 fully saturated rings. The lowest BCUT2D eigenvalue weighted by Gasteiger charge is -2.27. The van der Waals surface area contributed by atoms with Gasteiger partial charge in [0.05, 0.1) is 0 Å². The maximum atomic E-state index is 3.55. The molecule has 1 nitrogen and oxygen atoms in total. The number of aryl methyl sites for hydroxylation is 2. The van der Waals surface area contributed by atoms with Crippen LogP contribution in [0.15, 0.2) is 42.5 Å². The van der Waals surface area contributed by atoms with Gasteiger partial charge in [-0.2, -0.15) is 0 Å². The SMILES string of the molecule is Cc1ccc(C)c(CC2CNCc3ccccc32)c1. The molecule has 0 aromatic heterocycles. The summed E-state index contributed by atoms with van der Waals surface area (Å²) in [5, 5.41) is 3.55. The molecule has 1 aliphatic rings. The van der Waals surface area contributed by atoms with E-state index in [0.717, 1.165) is 19.5 Å². The molecule has 2 aromatic rings. The molecule has 1 heteroatoms. The first kappa shape index (κ1) is 12.4. The fourth-order valence-corrected chi connectivity index (χ4v) is 3.05. The van der Waals surface area contributed by atoms with Gasteiger partial charge in [-0.25, -0.2) is 0 Å². The lowest BCUT2D eigenvalue weighted by atomic mass is 9.85. The molecule has 1 aliphatic heterocycles. The zero-order valence-corrected chi connectivity index (χ0v) is 11.7. The summed E-state index contributed by atoms with van der Waals surface area (Å²) in [7, 11) is 0. The topological polar surface area (TPSA) is 12.0 Å². The number of hydrogen-bond donors (Lipinski definition) is 1. The Hall–Kier alpha value is -1.60. The van der Waals surface area contributed by atoms with Crippen molar-refractivity contribution in [3.05, 3.63) is 70.3 Å². The Morgan fingerprint density at radius 3 is 2.84 bits per heavy atom. The van der Waals surface area contributed by atoms with Crippen LogP contribution in [-0.2, 0) is 13.0 Å². The predicted octanol–water partition coefficient (Wildman–Crippen LogP) is 3.73. The Morgan fingerprint density at radius 1 is 1.11 bits per heavy atom. The van der Waals surface area contributed by atoms with Crippen LogP contribution < -0.4 is 5.32 Å². The second kappa shape index (κ2) is 5.18. The zero-order valence-electron chi connectivity index (χ0n) is 11.7. The van der Waals surface area contributed by atoms with Gasteiger partial charge in [-0.3, -0.25) is 0 Å². The van der Waals surface area contributed by atoms with E-state index >= 15 is 0 Å². The van der Waals surface area contributed by atoms with E-state index < -0.39 is 0 Å². The van der Waals surface area contributed by atoms with E-state index in [1.54, 1.807) is 0 Å². The summed E-state index contributed by atoms with van der Waals surface area (Å²) in [6.45, 7) is 6.50. The summed E-state index contributed by atoms with van der Waals surface area (Å²) in [6, 6.07) is 15.6. The summed E-state index contributed by atoms with van der Waals surface area (Å²) < 4.78 is 0. The van der Waals surface area contributed by atoms with Crippen LogP contribution in [0.25, 0.3) is 0 Å². The van der Waals surface area contributed by atoms with Gasteiger partial charge in [-0.15, -0.1) is 0 Å². The molecule has 0 amide bonds. The Bertz CT molecular complexity index is 586. The molecule has 98 valence electrons. The highest BCUT2D eigenvalue weighted by molar-refractivity contribution is 5.37. The summed E-state index contributed by atoms with van der Waals surface area (Å²) in [5.74, 6) is 0.602. The van der Waals surface area contributed by atoms with Crippen molar-refractivity contribution >= 4 is 0 Å². The van der Waals surface area contributed by atoms with Gasteiger partial charge in [0.15, 0.2) is 0 Å². The Labute approximate surface area is 115 Å². The van der Waals surface area contributed by atoms with E-state index in [2.05, 4.69) is 61.6 Å². The third-order valence-electron chi connectivity index (χ3n) is 4.17. The average Bonchev–Trinajstić information content (AvgIpc) is 2.43. The van der Waals surface area contributed by atoms with Crippen molar-refractivity contribution in [3.63, 3.8) is 0 Å². The molecule has 3 rings (SSSR count). The normalized spacial score (nSPS) is 18.1. The molecule has 0 radical (unpaired) electrons. The van der Waals surface area contributed by atoms with E-state index in [-0.39, 0.29) is 0 Å². The number of hydrogen-bond acceptors (Lipinski definition) is 1. The Morgan fingerprint density at radius 2 is 1.95 bits per heavy atom. The molecule has 1 unspecified atom stereocenters. The quantitative estimate of drug-likeness (QED) is 0.857. The van der Waals surface area contributed by atoms with Crippen LogP contribution >= 0.6 is 0 Å². The van der Waals surface area contributed by atoms with E-state index in [4.69, 9.17) is 0 Å². The molecule has 2 aromatic carbocycles. The van der Waals surface area contributed by atoms with Gasteiger partial charge in [-0.05, 0) is 42.5 Å². The minimum absolute atomic E-state index is 0.602. The third-order valence-corrected chi connectivity index (χ3v) is 4.17. The molecule has 0 saturated heterocycles. The van der Waals surface area contributed by atoms with Gasteiger partial charge in [-0.1, -0.05) is 48.0 Å². The van der Waals surface area contributed by atoms with Crippen molar-refractivity contribution in [1.82, 2.24) is 5.32 Å². The van der Waals surface area contributed by atoms with Crippen LogP contribution in [0.5, 0.6) is 0 Å². The lowest BCUT2D eigenvalue weighted by Crippen LogP contribution is -2.29. The largest absolute Gasteiger partial charge is 0.312 e. The van der Waals surface area contributed by atoms with Crippen LogP contribution in [0.2, 0.25) is 0 Å². The summed E-state index contributed by atoms with van der Waals surface area (Å²) in [5.41, 5.74) is 7.25. The second-order valence-electron chi connectivity index (χ2n) is 5.66. The first-order valence-electron chi connectivity index (χ1n) is 7.08. The highest BCUT2D eigenvalue weighted by atomic mass is 14.9. The predicted molar refractivity (Wildman–Crippen MR) is 80.5 cm³/mol.